The summed E-state index contributed by atoms with van der Waals surface area (Å²) in [5.74, 6) is -1.08. The predicted octanol–water partition coefficient (Wildman–Crippen LogP) is -10.2. The van der Waals surface area contributed by atoms with Gasteiger partial charge in [-0.2, -0.15) is 0 Å². The van der Waals surface area contributed by atoms with Crippen LogP contribution in [0.4, 0.5) is 0 Å². The van der Waals surface area contributed by atoms with Crippen LogP contribution in [0.3, 0.4) is 0 Å². The van der Waals surface area contributed by atoms with Crippen molar-refractivity contribution in [1.29, 1.82) is 0 Å². The zero-order valence-electron chi connectivity index (χ0n) is 4.69. The summed E-state index contributed by atoms with van der Waals surface area (Å²) in [4.78, 5) is 8.89. The van der Waals surface area contributed by atoms with Gasteiger partial charge in [-0.1, -0.05) is 0 Å². The van der Waals surface area contributed by atoms with Crippen molar-refractivity contribution in [2.45, 2.75) is 6.92 Å². The summed E-state index contributed by atoms with van der Waals surface area (Å²) in [5, 5.41) is 8.89. The van der Waals surface area contributed by atoms with Gasteiger partial charge in [-0.05, 0) is 6.92 Å². The normalized spacial score (nSPS) is 3.57. The van der Waals surface area contributed by atoms with Crippen molar-refractivity contribution in [1.82, 2.24) is 0 Å². The van der Waals surface area contributed by atoms with Crippen molar-refractivity contribution in [3.05, 3.63) is 0 Å². The smallest absolute Gasteiger partial charge is 1.00 e. The van der Waals surface area contributed by atoms with E-state index in [-0.39, 0.29) is 105 Å². The van der Waals surface area contributed by atoms with Crippen LogP contribution in [0, 0.1) is 0 Å². The van der Waals surface area contributed by atoms with Gasteiger partial charge in [0.05, 0.1) is 0 Å². The summed E-state index contributed by atoms with van der Waals surface area (Å²) in [5.41, 5.74) is 0. The number of carbonyl (C=O) groups is 1. The zero-order chi connectivity index (χ0) is 3.58. The number of carboxylic acid groups (broad SMARTS) is 1. The maximum atomic E-state index is 8.89. The molecule has 0 rings (SSSR count). The number of carbonyl (C=O) groups excluding carboxylic acids is 1. The SMILES string of the molecule is CC(=O)[O-].[I-].[K+].[Na+]. The molecule has 0 aliphatic rings. The van der Waals surface area contributed by atoms with E-state index in [0.717, 1.165) is 6.92 Å². The molecule has 7 heavy (non-hydrogen) atoms. The maximum Gasteiger partial charge on any atom is 1.00 e. The summed E-state index contributed by atoms with van der Waals surface area (Å²) in [6, 6.07) is 0. The summed E-state index contributed by atoms with van der Waals surface area (Å²) >= 11 is 0. The fraction of sp³-hybridized carbons (Fsp3) is 0.500. The van der Waals surface area contributed by atoms with Crippen LogP contribution in [0.25, 0.3) is 0 Å². The van der Waals surface area contributed by atoms with E-state index < -0.39 is 5.97 Å². The monoisotopic (exact) mass is 248 g/mol. The minimum Gasteiger partial charge on any atom is -1.00 e. The second-order valence-electron chi connectivity index (χ2n) is 0.492. The second-order valence-corrected chi connectivity index (χ2v) is 0.492. The summed E-state index contributed by atoms with van der Waals surface area (Å²) < 4.78 is 0. The first-order valence-electron chi connectivity index (χ1n) is 0.908. The molecule has 0 N–H and O–H groups in total. The fourth-order valence-corrected chi connectivity index (χ4v) is 0. The molecule has 0 amide bonds. The molecule has 0 heterocycles. The van der Waals surface area contributed by atoms with Gasteiger partial charge < -0.3 is 33.9 Å². The molecule has 0 saturated heterocycles. The molecule has 0 aromatic heterocycles. The number of aliphatic carboxylic acids is 1. The topological polar surface area (TPSA) is 40.1 Å². The van der Waals surface area contributed by atoms with E-state index in [1.807, 2.05) is 0 Å². The van der Waals surface area contributed by atoms with Gasteiger partial charge in [0.1, 0.15) is 0 Å². The molecule has 0 bridgehead atoms. The number of hydrogen-bond donors (Lipinski definition) is 0. The molecule has 0 radical (unpaired) electrons. The predicted molar refractivity (Wildman–Crippen MR) is 10.7 cm³/mol. The van der Waals surface area contributed by atoms with Crippen LogP contribution in [-0.4, -0.2) is 5.97 Å². The molecule has 0 unspecified atom stereocenters. The first-order valence-corrected chi connectivity index (χ1v) is 0.908. The van der Waals surface area contributed by atoms with Gasteiger partial charge in [-0.25, -0.2) is 0 Å². The molecule has 2 nitrogen and oxygen atoms in total. The van der Waals surface area contributed by atoms with Gasteiger partial charge >= 0.3 is 80.9 Å². The molecule has 0 atom stereocenters. The molecule has 0 aromatic carbocycles. The molecule has 0 aromatic rings. The Morgan fingerprint density at radius 3 is 1.57 bits per heavy atom. The molecule has 0 saturated carbocycles. The summed E-state index contributed by atoms with van der Waals surface area (Å²) in [6.07, 6.45) is 0. The first kappa shape index (κ1) is 22.5. The van der Waals surface area contributed by atoms with E-state index in [1.165, 1.54) is 0 Å². The average Bonchev–Trinajstić information content (AvgIpc) is 0.811. The average molecular weight is 248 g/mol. The van der Waals surface area contributed by atoms with Crippen molar-refractivity contribution < 1.29 is 115 Å². The molecular weight excluding hydrogens is 245 g/mol. The molecule has 0 spiro atoms. The van der Waals surface area contributed by atoms with Crippen molar-refractivity contribution in [3.63, 3.8) is 0 Å². The Labute approximate surface area is 125 Å². The third kappa shape index (κ3) is 51.3. The Balaban J connectivity index is -0.0000000150. The molecular formula is C2H3IKNaO2. The van der Waals surface area contributed by atoms with E-state index in [2.05, 4.69) is 0 Å². The summed E-state index contributed by atoms with van der Waals surface area (Å²) in [7, 11) is 0. The molecule has 0 aliphatic carbocycles. The van der Waals surface area contributed by atoms with Crippen LogP contribution >= 0.6 is 0 Å². The standard InChI is InChI=1S/C2H4O2.HI.K.Na/c1-2(3)4;;;/h1H3,(H,3,4);1H;;/q;;2*+1/p-2. The molecule has 0 fully saturated rings. The molecule has 5 heteroatoms. The van der Waals surface area contributed by atoms with Gasteiger partial charge in [0.15, 0.2) is 0 Å². The van der Waals surface area contributed by atoms with Crippen molar-refractivity contribution >= 4 is 5.97 Å². The van der Waals surface area contributed by atoms with Gasteiger partial charge in [-0.15, -0.1) is 0 Å². The van der Waals surface area contributed by atoms with E-state index in [1.54, 1.807) is 0 Å². The van der Waals surface area contributed by atoms with Crippen molar-refractivity contribution in [3.8, 4) is 0 Å². The van der Waals surface area contributed by atoms with E-state index >= 15 is 0 Å². The Kier molecular flexibility index (Phi) is 51.3. The number of halogens is 1. The summed E-state index contributed by atoms with van der Waals surface area (Å²) in [6.45, 7) is 0.972. The Hall–Kier alpha value is 2.84. The molecule has 0 aliphatic heterocycles. The van der Waals surface area contributed by atoms with E-state index in [0.29, 0.717) is 0 Å². The van der Waals surface area contributed by atoms with Crippen molar-refractivity contribution in [2.75, 3.05) is 0 Å². The minimum atomic E-state index is -1.08. The van der Waals surface area contributed by atoms with Crippen LogP contribution in [0.15, 0.2) is 0 Å². The van der Waals surface area contributed by atoms with Crippen LogP contribution in [0.1, 0.15) is 6.92 Å². The second kappa shape index (κ2) is 15.9. The number of rotatable bonds is 0. The third-order valence-corrected chi connectivity index (χ3v) is 0. The van der Waals surface area contributed by atoms with Crippen molar-refractivity contribution in [2.24, 2.45) is 0 Å². The van der Waals surface area contributed by atoms with Crippen LogP contribution < -0.4 is 110 Å². The maximum absolute atomic E-state index is 8.89. The van der Waals surface area contributed by atoms with E-state index in [4.69, 9.17) is 9.90 Å². The largest absolute Gasteiger partial charge is 1.00 e. The minimum absolute atomic E-state index is 0. The Morgan fingerprint density at radius 1 is 1.57 bits per heavy atom. The number of carboxylic acids is 1. The fourth-order valence-electron chi connectivity index (χ4n) is 0. The Morgan fingerprint density at radius 2 is 1.57 bits per heavy atom. The first-order chi connectivity index (χ1) is 1.73. The van der Waals surface area contributed by atoms with Gasteiger partial charge in [-0.3, -0.25) is 0 Å². The van der Waals surface area contributed by atoms with Crippen LogP contribution in [0.2, 0.25) is 0 Å². The third-order valence-electron chi connectivity index (χ3n) is 0. The molecule has 32 valence electrons. The van der Waals surface area contributed by atoms with Crippen LogP contribution in [-0.2, 0) is 4.79 Å². The van der Waals surface area contributed by atoms with E-state index in [9.17, 15) is 0 Å². The van der Waals surface area contributed by atoms with Crippen LogP contribution in [0.5, 0.6) is 0 Å². The van der Waals surface area contributed by atoms with Gasteiger partial charge in [0.25, 0.3) is 0 Å². The Bertz CT molecular complexity index is 38.7. The van der Waals surface area contributed by atoms with Gasteiger partial charge in [0, 0.05) is 5.97 Å². The zero-order valence-corrected chi connectivity index (χ0v) is 12.0. The van der Waals surface area contributed by atoms with Gasteiger partial charge in [0.2, 0.25) is 0 Å². The number of hydrogen-bond acceptors (Lipinski definition) is 2. The quantitative estimate of drug-likeness (QED) is 0.315.